The molecule has 0 aliphatic rings. The molecule has 1 N–H and O–H groups in total. The number of thiophene rings is 1. The topological polar surface area (TPSA) is 56.1 Å². The highest BCUT2D eigenvalue weighted by Crippen LogP contribution is 2.19. The number of carbonyl (C=O) groups excluding carboxylic acids is 1. The molecular formula is C18H19N3O2S. The summed E-state index contributed by atoms with van der Waals surface area (Å²) in [5, 5.41) is 11.4. The molecule has 1 aromatic carbocycles. The molecule has 0 unspecified atom stereocenters. The van der Waals surface area contributed by atoms with Crippen molar-refractivity contribution in [3.8, 4) is 5.75 Å². The third-order valence-corrected chi connectivity index (χ3v) is 4.37. The molecule has 6 heteroatoms. The van der Waals surface area contributed by atoms with Crippen LogP contribution < -0.4 is 10.1 Å². The predicted molar refractivity (Wildman–Crippen MR) is 94.2 cm³/mol. The minimum Gasteiger partial charge on any atom is -0.481 e. The Bertz CT molecular complexity index is 708. The molecule has 3 rings (SSSR count). The van der Waals surface area contributed by atoms with Gasteiger partial charge in [0, 0.05) is 18.9 Å². The number of nitrogens with one attached hydrogen (secondary N) is 1. The van der Waals surface area contributed by atoms with Gasteiger partial charge in [0.15, 0.2) is 6.10 Å². The molecule has 0 spiro atoms. The van der Waals surface area contributed by atoms with Gasteiger partial charge < -0.3 is 10.1 Å². The molecular weight excluding hydrogens is 322 g/mol. The Morgan fingerprint density at radius 2 is 2.12 bits per heavy atom. The third-order valence-electron chi connectivity index (χ3n) is 3.67. The van der Waals surface area contributed by atoms with Crippen LogP contribution in [0.4, 0.5) is 0 Å². The number of para-hydroxylation sites is 1. The van der Waals surface area contributed by atoms with E-state index in [0.717, 1.165) is 5.56 Å². The van der Waals surface area contributed by atoms with Crippen molar-refractivity contribution in [2.75, 3.05) is 6.54 Å². The predicted octanol–water partition coefficient (Wildman–Crippen LogP) is 3.12. The first-order valence-electron chi connectivity index (χ1n) is 7.74. The van der Waals surface area contributed by atoms with Crippen LogP contribution in [0.3, 0.4) is 0 Å². The van der Waals surface area contributed by atoms with Gasteiger partial charge in [0.05, 0.1) is 6.04 Å². The fraction of sp³-hybridized carbons (Fsp3) is 0.222. The molecule has 0 bridgehead atoms. The van der Waals surface area contributed by atoms with Crippen LogP contribution in [0.5, 0.6) is 5.75 Å². The second-order valence-corrected chi connectivity index (χ2v) is 6.16. The lowest BCUT2D eigenvalue weighted by Gasteiger charge is -2.20. The molecule has 5 nitrogen and oxygen atoms in total. The fourth-order valence-electron chi connectivity index (χ4n) is 2.39. The highest BCUT2D eigenvalue weighted by Gasteiger charge is 2.19. The monoisotopic (exact) mass is 341 g/mol. The van der Waals surface area contributed by atoms with E-state index < -0.39 is 6.10 Å². The van der Waals surface area contributed by atoms with Crippen LogP contribution >= 0.6 is 11.3 Å². The van der Waals surface area contributed by atoms with E-state index in [1.54, 1.807) is 24.5 Å². The van der Waals surface area contributed by atoms with Crippen molar-refractivity contribution in [1.82, 2.24) is 15.1 Å². The number of aromatic nitrogens is 2. The molecule has 2 heterocycles. The normalized spacial score (nSPS) is 13.2. The average molecular weight is 341 g/mol. The van der Waals surface area contributed by atoms with Crippen molar-refractivity contribution in [2.24, 2.45) is 0 Å². The average Bonchev–Trinajstić information content (AvgIpc) is 3.30. The van der Waals surface area contributed by atoms with Crippen LogP contribution in [0.25, 0.3) is 0 Å². The zero-order chi connectivity index (χ0) is 16.8. The molecule has 3 aromatic rings. The standard InChI is InChI=1S/C18H19N3O2S/c1-14(23-16-6-3-2-4-7-16)18(22)19-12-17(15-8-11-24-13-15)21-10-5-9-20-21/h2-11,13-14,17H,12H2,1H3,(H,19,22)/t14-,17-/m1/s1. The van der Waals surface area contributed by atoms with Crippen LogP contribution in [0, 0.1) is 0 Å². The van der Waals surface area contributed by atoms with Crippen molar-refractivity contribution in [2.45, 2.75) is 19.1 Å². The number of hydrogen-bond acceptors (Lipinski definition) is 4. The van der Waals surface area contributed by atoms with E-state index in [4.69, 9.17) is 4.74 Å². The molecule has 1 amide bonds. The lowest BCUT2D eigenvalue weighted by Crippen LogP contribution is -2.39. The summed E-state index contributed by atoms with van der Waals surface area (Å²) < 4.78 is 7.51. The minimum absolute atomic E-state index is 0.0286. The van der Waals surface area contributed by atoms with Crippen LogP contribution in [0.1, 0.15) is 18.5 Å². The van der Waals surface area contributed by atoms with Gasteiger partial charge in [-0.3, -0.25) is 9.48 Å². The van der Waals surface area contributed by atoms with Crippen molar-refractivity contribution >= 4 is 17.2 Å². The zero-order valence-corrected chi connectivity index (χ0v) is 14.1. The summed E-state index contributed by atoms with van der Waals surface area (Å²) in [5.41, 5.74) is 1.13. The molecule has 0 fully saturated rings. The van der Waals surface area contributed by atoms with Gasteiger partial charge in [-0.1, -0.05) is 18.2 Å². The summed E-state index contributed by atoms with van der Waals surface area (Å²) in [6.45, 7) is 2.20. The zero-order valence-electron chi connectivity index (χ0n) is 13.3. The number of amides is 1. The second kappa shape index (κ2) is 7.79. The Balaban J connectivity index is 1.61. The molecule has 0 aliphatic heterocycles. The lowest BCUT2D eigenvalue weighted by atomic mass is 10.1. The molecule has 0 saturated heterocycles. The molecule has 0 saturated carbocycles. The van der Waals surface area contributed by atoms with E-state index in [0.29, 0.717) is 12.3 Å². The van der Waals surface area contributed by atoms with Crippen LogP contribution in [-0.2, 0) is 4.79 Å². The number of rotatable bonds is 7. The Hall–Kier alpha value is -2.60. The van der Waals surface area contributed by atoms with E-state index in [1.807, 2.05) is 58.7 Å². The molecule has 2 atom stereocenters. The van der Waals surface area contributed by atoms with E-state index in [9.17, 15) is 4.79 Å². The van der Waals surface area contributed by atoms with Crippen LogP contribution in [0.15, 0.2) is 65.6 Å². The van der Waals surface area contributed by atoms with Crippen molar-refractivity contribution < 1.29 is 9.53 Å². The Labute approximate surface area is 144 Å². The summed E-state index contributed by atoms with van der Waals surface area (Å²) in [6.07, 6.45) is 3.08. The maximum absolute atomic E-state index is 12.3. The van der Waals surface area contributed by atoms with Crippen molar-refractivity contribution in [1.29, 1.82) is 0 Å². The van der Waals surface area contributed by atoms with Crippen molar-refractivity contribution in [3.63, 3.8) is 0 Å². The molecule has 0 aliphatic carbocycles. The quantitative estimate of drug-likeness (QED) is 0.718. The highest BCUT2D eigenvalue weighted by atomic mass is 32.1. The second-order valence-electron chi connectivity index (χ2n) is 5.38. The summed E-state index contributed by atoms with van der Waals surface area (Å²) in [6, 6.07) is 13.2. The van der Waals surface area contributed by atoms with Gasteiger partial charge in [-0.15, -0.1) is 0 Å². The third kappa shape index (κ3) is 4.02. The van der Waals surface area contributed by atoms with Crippen LogP contribution in [-0.4, -0.2) is 28.3 Å². The maximum atomic E-state index is 12.3. The van der Waals surface area contributed by atoms with Gasteiger partial charge in [0.1, 0.15) is 5.75 Å². The largest absolute Gasteiger partial charge is 0.481 e. The number of hydrogen-bond donors (Lipinski definition) is 1. The Kier molecular flexibility index (Phi) is 5.28. The number of nitrogens with zero attached hydrogens (tertiary/aromatic N) is 2. The van der Waals surface area contributed by atoms with E-state index >= 15 is 0 Å². The van der Waals surface area contributed by atoms with Gasteiger partial charge >= 0.3 is 0 Å². The smallest absolute Gasteiger partial charge is 0.260 e. The first-order valence-corrected chi connectivity index (χ1v) is 8.69. The van der Waals surface area contributed by atoms with Crippen molar-refractivity contribution in [3.05, 3.63) is 71.2 Å². The van der Waals surface area contributed by atoms with Crippen LogP contribution in [0.2, 0.25) is 0 Å². The lowest BCUT2D eigenvalue weighted by molar-refractivity contribution is -0.127. The maximum Gasteiger partial charge on any atom is 0.260 e. The molecule has 2 aromatic heterocycles. The molecule has 124 valence electrons. The Morgan fingerprint density at radius 3 is 2.79 bits per heavy atom. The highest BCUT2D eigenvalue weighted by molar-refractivity contribution is 7.07. The van der Waals surface area contributed by atoms with E-state index in [-0.39, 0.29) is 11.9 Å². The van der Waals surface area contributed by atoms with E-state index in [2.05, 4.69) is 15.8 Å². The first-order chi connectivity index (χ1) is 11.7. The number of carbonyl (C=O) groups is 1. The van der Waals surface area contributed by atoms with Gasteiger partial charge in [-0.25, -0.2) is 0 Å². The fourth-order valence-corrected chi connectivity index (χ4v) is 3.10. The molecule has 0 radical (unpaired) electrons. The summed E-state index contributed by atoms with van der Waals surface area (Å²) in [4.78, 5) is 12.3. The van der Waals surface area contributed by atoms with Gasteiger partial charge in [0.2, 0.25) is 0 Å². The van der Waals surface area contributed by atoms with Gasteiger partial charge in [-0.2, -0.15) is 16.4 Å². The number of ether oxygens (including phenoxy) is 1. The minimum atomic E-state index is -0.562. The number of benzene rings is 1. The first kappa shape index (κ1) is 16.3. The molecule has 24 heavy (non-hydrogen) atoms. The summed E-state index contributed by atoms with van der Waals surface area (Å²) in [5.74, 6) is 0.535. The van der Waals surface area contributed by atoms with Gasteiger partial charge in [-0.05, 0) is 47.5 Å². The van der Waals surface area contributed by atoms with E-state index in [1.165, 1.54) is 0 Å². The summed E-state index contributed by atoms with van der Waals surface area (Å²) in [7, 11) is 0. The summed E-state index contributed by atoms with van der Waals surface area (Å²) >= 11 is 1.63. The van der Waals surface area contributed by atoms with Gasteiger partial charge in [0.25, 0.3) is 5.91 Å². The Morgan fingerprint density at radius 1 is 1.29 bits per heavy atom. The SMILES string of the molecule is C[C@@H](Oc1ccccc1)C(=O)NC[C@H](c1ccsc1)n1cccn1.